The molecule has 3 nitrogen and oxygen atoms in total. The Kier molecular flexibility index (Phi) is 3.62. The van der Waals surface area contributed by atoms with Crippen molar-refractivity contribution >= 4 is 23.9 Å². The van der Waals surface area contributed by atoms with Gasteiger partial charge in [-0.05, 0) is 38.4 Å². The Morgan fingerprint density at radius 3 is 3.05 bits per heavy atom. The molecule has 0 saturated carbocycles. The van der Waals surface area contributed by atoms with Crippen molar-refractivity contribution in [3.63, 3.8) is 0 Å². The summed E-state index contributed by atoms with van der Waals surface area (Å²) in [5.74, 6) is 1.05. The largest absolute Gasteiger partial charge is 0.461 e. The number of fused-ring (bicyclic) bond motifs is 1. The lowest BCUT2D eigenvalue weighted by Gasteiger charge is -2.19. The first-order valence-corrected chi connectivity index (χ1v) is 7.12. The maximum Gasteiger partial charge on any atom is 0.304 e. The van der Waals surface area contributed by atoms with Crippen LogP contribution in [0.1, 0.15) is 25.5 Å². The zero-order valence-corrected chi connectivity index (χ0v) is 11.4. The van der Waals surface area contributed by atoms with E-state index < -0.39 is 0 Å². The van der Waals surface area contributed by atoms with Crippen molar-refractivity contribution in [2.24, 2.45) is 0 Å². The van der Waals surface area contributed by atoms with Gasteiger partial charge in [0, 0.05) is 24.4 Å². The summed E-state index contributed by atoms with van der Waals surface area (Å²) in [6.07, 6.45) is 3.61. The van der Waals surface area contributed by atoms with Gasteiger partial charge in [0.2, 0.25) is 0 Å². The van der Waals surface area contributed by atoms with E-state index in [0.29, 0.717) is 6.04 Å². The van der Waals surface area contributed by atoms with Crippen LogP contribution in [-0.2, 0) is 6.42 Å². The zero-order valence-electron chi connectivity index (χ0n) is 11.4. The molecule has 0 bridgehead atoms. The van der Waals surface area contributed by atoms with Gasteiger partial charge in [-0.3, -0.25) is 0 Å². The fourth-order valence-corrected chi connectivity index (χ4v) is 2.95. The van der Waals surface area contributed by atoms with E-state index in [1.165, 1.54) is 19.4 Å². The summed E-state index contributed by atoms with van der Waals surface area (Å²) in [6, 6.07) is 8.68. The molecule has 1 aromatic heterocycles. The second-order valence-corrected chi connectivity index (χ2v) is 5.52. The average Bonchev–Trinajstić information content (AvgIpc) is 3.01. The van der Waals surface area contributed by atoms with Gasteiger partial charge in [0.25, 0.3) is 0 Å². The minimum Gasteiger partial charge on any atom is -0.461 e. The Bertz CT molecular complexity index is 566. The minimum absolute atomic E-state index is 0.0851. The highest BCUT2D eigenvalue weighted by Crippen LogP contribution is 2.21. The van der Waals surface area contributed by atoms with Crippen LogP contribution in [0.4, 0.5) is 0 Å². The van der Waals surface area contributed by atoms with Gasteiger partial charge in [-0.15, -0.1) is 0 Å². The van der Waals surface area contributed by atoms with Crippen LogP contribution in [-0.4, -0.2) is 36.5 Å². The molecule has 1 aromatic carbocycles. The monoisotopic (exact) mass is 257 g/mol. The maximum atomic E-state index is 9.14. The lowest BCUT2D eigenvalue weighted by atomic mass is 9.88. The Morgan fingerprint density at radius 2 is 2.32 bits per heavy atom. The van der Waals surface area contributed by atoms with Gasteiger partial charge in [0.15, 0.2) is 0 Å². The van der Waals surface area contributed by atoms with E-state index >= 15 is 0 Å². The highest BCUT2D eigenvalue weighted by molar-refractivity contribution is 6.45. The van der Waals surface area contributed by atoms with Crippen LogP contribution in [0, 0.1) is 0 Å². The number of rotatable bonds is 4. The summed E-state index contributed by atoms with van der Waals surface area (Å²) in [5.41, 5.74) is 1.86. The topological polar surface area (TPSA) is 36.6 Å². The molecular weight excluding hydrogens is 237 g/mol. The van der Waals surface area contributed by atoms with Gasteiger partial charge in [0.05, 0.1) is 0 Å². The van der Waals surface area contributed by atoms with E-state index in [1.807, 2.05) is 18.2 Å². The van der Waals surface area contributed by atoms with E-state index in [4.69, 9.17) is 9.44 Å². The van der Waals surface area contributed by atoms with Crippen molar-refractivity contribution in [1.82, 2.24) is 4.90 Å². The molecule has 2 heterocycles. The molecule has 1 N–H and O–H groups in total. The van der Waals surface area contributed by atoms with Crippen molar-refractivity contribution < 1.29 is 9.44 Å². The third-order valence-electron chi connectivity index (χ3n) is 4.15. The van der Waals surface area contributed by atoms with Crippen LogP contribution in [0.15, 0.2) is 28.7 Å². The van der Waals surface area contributed by atoms with Crippen LogP contribution in [0.3, 0.4) is 0 Å². The summed E-state index contributed by atoms with van der Waals surface area (Å²) >= 11 is 0. The van der Waals surface area contributed by atoms with Crippen molar-refractivity contribution in [3.05, 3.63) is 30.0 Å². The lowest BCUT2D eigenvalue weighted by molar-refractivity contribution is 0.266. The van der Waals surface area contributed by atoms with Crippen LogP contribution in [0.5, 0.6) is 0 Å². The molecule has 1 aliphatic heterocycles. The number of likely N-dealkylation sites (tertiary alicyclic amines) is 1. The third-order valence-corrected chi connectivity index (χ3v) is 4.15. The number of hydrogen-bond acceptors (Lipinski definition) is 3. The molecule has 1 fully saturated rings. The Hall–Kier alpha value is -1.26. The summed E-state index contributed by atoms with van der Waals surface area (Å²) in [7, 11) is 0.0851. The van der Waals surface area contributed by atoms with Gasteiger partial charge in [-0.25, -0.2) is 0 Å². The van der Waals surface area contributed by atoms with Crippen LogP contribution in [0.2, 0.25) is 0 Å². The first-order chi connectivity index (χ1) is 9.26. The summed E-state index contributed by atoms with van der Waals surface area (Å²) < 4.78 is 5.85. The van der Waals surface area contributed by atoms with Crippen LogP contribution >= 0.6 is 0 Å². The van der Waals surface area contributed by atoms with Gasteiger partial charge in [-0.1, -0.05) is 17.6 Å². The SMILES string of the molecule is C[C@@H]1CCCN1CCc1cc2cc(BO)ccc2o1. The first kappa shape index (κ1) is 12.8. The smallest absolute Gasteiger partial charge is 0.304 e. The van der Waals surface area contributed by atoms with Crippen molar-refractivity contribution in [2.45, 2.75) is 32.2 Å². The number of nitrogens with zero attached hydrogens (tertiary/aromatic N) is 1. The number of benzene rings is 1. The molecule has 100 valence electrons. The molecule has 4 heteroatoms. The zero-order chi connectivity index (χ0) is 13.2. The summed E-state index contributed by atoms with van der Waals surface area (Å²) in [6.45, 7) is 4.60. The first-order valence-electron chi connectivity index (χ1n) is 7.12. The van der Waals surface area contributed by atoms with Crippen LogP contribution in [0.25, 0.3) is 11.0 Å². The lowest BCUT2D eigenvalue weighted by Crippen LogP contribution is -2.28. The minimum atomic E-state index is 0.0851. The predicted molar refractivity (Wildman–Crippen MR) is 79.2 cm³/mol. The molecule has 0 aliphatic carbocycles. The Labute approximate surface area is 114 Å². The highest BCUT2D eigenvalue weighted by atomic mass is 16.3. The molecule has 2 aromatic rings. The molecular formula is C15H20BNO2. The molecule has 0 unspecified atom stereocenters. The van der Waals surface area contributed by atoms with Crippen molar-refractivity contribution in [3.8, 4) is 0 Å². The van der Waals surface area contributed by atoms with E-state index in [0.717, 1.165) is 35.2 Å². The van der Waals surface area contributed by atoms with E-state index in [-0.39, 0.29) is 7.48 Å². The number of hydrogen-bond donors (Lipinski definition) is 1. The van der Waals surface area contributed by atoms with E-state index in [9.17, 15) is 0 Å². The maximum absolute atomic E-state index is 9.14. The molecule has 1 atom stereocenters. The number of furan rings is 1. The molecule has 3 rings (SSSR count). The average molecular weight is 257 g/mol. The second kappa shape index (κ2) is 5.39. The van der Waals surface area contributed by atoms with Gasteiger partial charge >= 0.3 is 7.48 Å². The van der Waals surface area contributed by atoms with Gasteiger partial charge < -0.3 is 14.3 Å². The molecule has 0 spiro atoms. The summed E-state index contributed by atoms with van der Waals surface area (Å²) in [4.78, 5) is 2.53. The van der Waals surface area contributed by atoms with Crippen LogP contribution < -0.4 is 5.46 Å². The van der Waals surface area contributed by atoms with E-state index in [2.05, 4.69) is 17.9 Å². The molecule has 0 amide bonds. The highest BCUT2D eigenvalue weighted by Gasteiger charge is 2.19. The normalized spacial score (nSPS) is 20.2. The fourth-order valence-electron chi connectivity index (χ4n) is 2.95. The molecule has 1 aliphatic rings. The summed E-state index contributed by atoms with van der Waals surface area (Å²) in [5, 5.41) is 10.2. The second-order valence-electron chi connectivity index (χ2n) is 5.52. The predicted octanol–water partition coefficient (Wildman–Crippen LogP) is 1.43. The Morgan fingerprint density at radius 1 is 1.42 bits per heavy atom. The Balaban J connectivity index is 1.71. The molecule has 0 radical (unpaired) electrons. The van der Waals surface area contributed by atoms with Gasteiger partial charge in [0.1, 0.15) is 11.3 Å². The fraction of sp³-hybridized carbons (Fsp3) is 0.467. The standard InChI is InChI=1S/C15H20BNO2/c1-11-3-2-7-17(11)8-6-14-10-12-9-13(16-18)4-5-15(12)19-14/h4-5,9-11,16,18H,2-3,6-8H2,1H3/t11-/m1/s1. The third kappa shape index (κ3) is 2.70. The van der Waals surface area contributed by atoms with E-state index in [1.54, 1.807) is 0 Å². The molecule has 19 heavy (non-hydrogen) atoms. The quantitative estimate of drug-likeness (QED) is 0.842. The van der Waals surface area contributed by atoms with Crippen molar-refractivity contribution in [2.75, 3.05) is 13.1 Å². The van der Waals surface area contributed by atoms with Crippen molar-refractivity contribution in [1.29, 1.82) is 0 Å². The van der Waals surface area contributed by atoms with Gasteiger partial charge in [-0.2, -0.15) is 0 Å². The molecule has 1 saturated heterocycles.